The quantitative estimate of drug-likeness (QED) is 0.364. The number of hydrogen-bond donors (Lipinski definition) is 3. The van der Waals surface area contributed by atoms with Gasteiger partial charge in [-0.05, 0) is 36.6 Å². The van der Waals surface area contributed by atoms with Gasteiger partial charge in [-0.25, -0.2) is 4.79 Å². The van der Waals surface area contributed by atoms with Crippen LogP contribution >= 0.6 is 15.9 Å². The van der Waals surface area contributed by atoms with Crippen LogP contribution in [-0.4, -0.2) is 44.6 Å². The summed E-state index contributed by atoms with van der Waals surface area (Å²) in [7, 11) is 1.92. The third-order valence-electron chi connectivity index (χ3n) is 4.99. The number of hydrogen-bond acceptors (Lipinski definition) is 7. The van der Waals surface area contributed by atoms with Gasteiger partial charge in [0, 0.05) is 29.7 Å². The first-order chi connectivity index (χ1) is 15.0. The summed E-state index contributed by atoms with van der Waals surface area (Å²) in [5.41, 5.74) is 2.41. The maximum Gasteiger partial charge on any atom is 0.326 e. The van der Waals surface area contributed by atoms with Crippen LogP contribution in [0.1, 0.15) is 24.0 Å². The second-order valence-electron chi connectivity index (χ2n) is 7.55. The van der Waals surface area contributed by atoms with Gasteiger partial charge in [0.25, 0.3) is 5.91 Å². The molecule has 1 aromatic carbocycles. The molecule has 1 saturated heterocycles. The molecule has 1 aliphatic heterocycles. The lowest BCUT2D eigenvalue weighted by molar-refractivity contribution is -0.115. The fourth-order valence-electron chi connectivity index (χ4n) is 3.23. The predicted molar refractivity (Wildman–Crippen MR) is 118 cm³/mol. The van der Waals surface area contributed by atoms with Crippen LogP contribution in [0.15, 0.2) is 40.6 Å². The van der Waals surface area contributed by atoms with E-state index in [2.05, 4.69) is 37.0 Å². The largest absolute Gasteiger partial charge is 0.351 e. The zero-order chi connectivity index (χ0) is 21.5. The third kappa shape index (κ3) is 4.08. The SMILES string of the molecule is CN(Cc1ccc(Br)cc1)c1nc(NC2CC2)n2ncc(/C=C3\NC(=O)NC3=O)c2n1. The molecule has 1 saturated carbocycles. The van der Waals surface area contributed by atoms with Crippen molar-refractivity contribution in [2.45, 2.75) is 25.4 Å². The van der Waals surface area contributed by atoms with Crippen molar-refractivity contribution in [2.24, 2.45) is 0 Å². The van der Waals surface area contributed by atoms with E-state index in [0.717, 1.165) is 22.9 Å². The Morgan fingerprint density at radius 1 is 1.23 bits per heavy atom. The predicted octanol–water partition coefficient (Wildman–Crippen LogP) is 2.28. The summed E-state index contributed by atoms with van der Waals surface area (Å²) in [5, 5.41) is 12.5. The van der Waals surface area contributed by atoms with Gasteiger partial charge in [-0.2, -0.15) is 19.6 Å². The van der Waals surface area contributed by atoms with Gasteiger partial charge in [0.2, 0.25) is 11.9 Å². The summed E-state index contributed by atoms with van der Waals surface area (Å²) < 4.78 is 2.64. The van der Waals surface area contributed by atoms with E-state index in [-0.39, 0.29) is 5.70 Å². The zero-order valence-corrected chi connectivity index (χ0v) is 18.2. The number of carbonyl (C=O) groups excluding carboxylic acids is 2. The maximum absolute atomic E-state index is 11.9. The molecule has 0 radical (unpaired) electrons. The Labute approximate surface area is 185 Å². The Morgan fingerprint density at radius 3 is 2.68 bits per heavy atom. The molecule has 0 atom stereocenters. The van der Waals surface area contributed by atoms with Gasteiger partial charge < -0.3 is 15.5 Å². The van der Waals surface area contributed by atoms with Gasteiger partial charge in [-0.1, -0.05) is 28.1 Å². The van der Waals surface area contributed by atoms with Gasteiger partial charge in [-0.15, -0.1) is 0 Å². The minimum Gasteiger partial charge on any atom is -0.351 e. The van der Waals surface area contributed by atoms with Crippen LogP contribution < -0.4 is 20.9 Å². The van der Waals surface area contributed by atoms with Crippen molar-refractivity contribution in [1.82, 2.24) is 30.2 Å². The van der Waals surface area contributed by atoms with E-state index in [1.807, 2.05) is 36.2 Å². The fraction of sp³-hybridized carbons (Fsp3) is 0.250. The monoisotopic (exact) mass is 482 g/mol. The van der Waals surface area contributed by atoms with Crippen LogP contribution in [0, 0.1) is 0 Å². The van der Waals surface area contributed by atoms with Crippen molar-refractivity contribution >= 4 is 51.5 Å². The van der Waals surface area contributed by atoms with Gasteiger partial charge in [0.15, 0.2) is 5.65 Å². The summed E-state index contributed by atoms with van der Waals surface area (Å²) in [4.78, 5) is 34.7. The number of nitrogens with one attached hydrogen (secondary N) is 3. The van der Waals surface area contributed by atoms with Gasteiger partial charge in [-0.3, -0.25) is 10.1 Å². The number of fused-ring (bicyclic) bond motifs is 1. The first-order valence-electron chi connectivity index (χ1n) is 9.78. The van der Waals surface area contributed by atoms with Crippen molar-refractivity contribution in [2.75, 3.05) is 17.3 Å². The number of aromatic nitrogens is 4. The molecule has 0 bridgehead atoms. The molecule has 3 N–H and O–H groups in total. The average Bonchev–Trinajstić information content (AvgIpc) is 3.38. The van der Waals surface area contributed by atoms with Gasteiger partial charge in [0.05, 0.1) is 6.20 Å². The highest BCUT2D eigenvalue weighted by atomic mass is 79.9. The van der Waals surface area contributed by atoms with Crippen molar-refractivity contribution in [1.29, 1.82) is 0 Å². The van der Waals surface area contributed by atoms with Gasteiger partial charge in [0.1, 0.15) is 5.70 Å². The van der Waals surface area contributed by atoms with Crippen molar-refractivity contribution in [3.8, 4) is 0 Å². The molecule has 2 aliphatic rings. The number of benzene rings is 1. The highest BCUT2D eigenvalue weighted by Crippen LogP contribution is 2.26. The second kappa shape index (κ2) is 7.65. The fourth-order valence-corrected chi connectivity index (χ4v) is 3.50. The van der Waals surface area contributed by atoms with Crippen LogP contribution in [0.2, 0.25) is 0 Å². The maximum atomic E-state index is 11.9. The molecule has 1 aliphatic carbocycles. The molecule has 10 nitrogen and oxygen atoms in total. The van der Waals surface area contributed by atoms with E-state index in [0.29, 0.717) is 35.7 Å². The second-order valence-corrected chi connectivity index (χ2v) is 8.47. The number of amides is 3. The van der Waals surface area contributed by atoms with E-state index >= 15 is 0 Å². The van der Waals surface area contributed by atoms with E-state index in [9.17, 15) is 9.59 Å². The lowest BCUT2D eigenvalue weighted by Crippen LogP contribution is -2.22. The zero-order valence-electron chi connectivity index (χ0n) is 16.6. The van der Waals surface area contributed by atoms with E-state index in [1.165, 1.54) is 0 Å². The summed E-state index contributed by atoms with van der Waals surface area (Å²) >= 11 is 3.45. The lowest BCUT2D eigenvalue weighted by Gasteiger charge is -2.18. The number of urea groups is 1. The first-order valence-corrected chi connectivity index (χ1v) is 10.6. The Hall–Kier alpha value is -3.47. The van der Waals surface area contributed by atoms with E-state index in [4.69, 9.17) is 9.97 Å². The molecular formula is C20H19BrN8O2. The molecule has 158 valence electrons. The molecule has 3 aromatic rings. The van der Waals surface area contributed by atoms with Crippen molar-refractivity contribution in [3.05, 3.63) is 51.8 Å². The molecule has 3 amide bonds. The summed E-state index contributed by atoms with van der Waals surface area (Å²) in [5.74, 6) is 0.635. The molecule has 3 heterocycles. The molecule has 2 fully saturated rings. The summed E-state index contributed by atoms with van der Waals surface area (Å²) in [6.07, 6.45) is 5.33. The van der Waals surface area contributed by atoms with Crippen LogP contribution in [-0.2, 0) is 11.3 Å². The minimum absolute atomic E-state index is 0.153. The molecule has 2 aromatic heterocycles. The van der Waals surface area contributed by atoms with Crippen molar-refractivity contribution in [3.63, 3.8) is 0 Å². The number of nitrogens with zero attached hydrogens (tertiary/aromatic N) is 5. The van der Waals surface area contributed by atoms with Crippen molar-refractivity contribution < 1.29 is 9.59 Å². The standard InChI is InChI=1S/C20H19BrN8O2/c1-28(10-11-2-4-13(21)5-3-11)18-25-16-12(8-15-17(30)26-20(31)24-15)9-22-29(16)19(27-18)23-14-6-7-14/h2-5,8-9,14H,6-7,10H2,1H3,(H,23,25,27)(H2,24,26,30,31)/b15-8-. The van der Waals surface area contributed by atoms with E-state index in [1.54, 1.807) is 16.8 Å². The smallest absolute Gasteiger partial charge is 0.326 e. The molecule has 11 heteroatoms. The average molecular weight is 483 g/mol. The van der Waals surface area contributed by atoms with Crippen LogP contribution in [0.4, 0.5) is 16.7 Å². The summed E-state index contributed by atoms with van der Waals surface area (Å²) in [6.45, 7) is 0.620. The lowest BCUT2D eigenvalue weighted by atomic mass is 10.2. The number of anilines is 2. The number of carbonyl (C=O) groups is 2. The number of imide groups is 1. The number of rotatable bonds is 6. The van der Waals surface area contributed by atoms with Gasteiger partial charge >= 0.3 is 6.03 Å². The third-order valence-corrected chi connectivity index (χ3v) is 5.52. The molecule has 0 unspecified atom stereocenters. The van der Waals surface area contributed by atoms with Crippen LogP contribution in [0.25, 0.3) is 11.7 Å². The normalized spacial score (nSPS) is 17.2. The minimum atomic E-state index is -0.548. The Bertz CT molecular complexity index is 1220. The Balaban J connectivity index is 1.53. The molecule has 0 spiro atoms. The van der Waals surface area contributed by atoms with E-state index < -0.39 is 11.9 Å². The highest BCUT2D eigenvalue weighted by Gasteiger charge is 2.26. The topological polar surface area (TPSA) is 117 Å². The summed E-state index contributed by atoms with van der Waals surface area (Å²) in [6, 6.07) is 7.89. The molecular weight excluding hydrogens is 464 g/mol. The van der Waals surface area contributed by atoms with Crippen LogP contribution in [0.5, 0.6) is 0 Å². The highest BCUT2D eigenvalue weighted by molar-refractivity contribution is 9.10. The number of halogens is 1. The Morgan fingerprint density at radius 2 is 2.00 bits per heavy atom. The molecule has 5 rings (SSSR count). The molecule has 31 heavy (non-hydrogen) atoms. The van der Waals surface area contributed by atoms with Crippen LogP contribution in [0.3, 0.4) is 0 Å². The Kier molecular flexibility index (Phi) is 4.81. The first kappa shape index (κ1) is 19.5.